The zero-order valence-corrected chi connectivity index (χ0v) is 21.2. The van der Waals surface area contributed by atoms with E-state index in [-0.39, 0.29) is 17.9 Å². The fourth-order valence-corrected chi connectivity index (χ4v) is 6.13. The van der Waals surface area contributed by atoms with Gasteiger partial charge in [-0.3, -0.25) is 14.5 Å². The predicted molar refractivity (Wildman–Crippen MR) is 139 cm³/mol. The molecule has 182 valence electrons. The van der Waals surface area contributed by atoms with E-state index >= 15 is 0 Å². The van der Waals surface area contributed by atoms with Crippen LogP contribution in [-0.4, -0.2) is 59.6 Å². The van der Waals surface area contributed by atoms with E-state index in [0.29, 0.717) is 23.4 Å². The summed E-state index contributed by atoms with van der Waals surface area (Å²) in [6, 6.07) is 19.0. The van der Waals surface area contributed by atoms with Gasteiger partial charge in [0, 0.05) is 43.2 Å². The van der Waals surface area contributed by atoms with Crippen molar-refractivity contribution in [2.45, 2.75) is 68.5 Å². The van der Waals surface area contributed by atoms with Crippen molar-refractivity contribution in [1.29, 1.82) is 0 Å². The van der Waals surface area contributed by atoms with Crippen molar-refractivity contribution in [2.24, 2.45) is 0 Å². The second-order valence-electron chi connectivity index (χ2n) is 9.62. The first kappa shape index (κ1) is 24.8. The van der Waals surface area contributed by atoms with E-state index in [9.17, 15) is 9.59 Å². The highest BCUT2D eigenvalue weighted by Gasteiger charge is 2.28. The second-order valence-corrected chi connectivity index (χ2v) is 10.6. The lowest BCUT2D eigenvalue weighted by molar-refractivity contribution is -0.129. The Balaban J connectivity index is 1.31. The fraction of sp³-hybridized carbons (Fsp3) is 0.500. The number of nitrogens with one attached hydrogen (secondary N) is 1. The third kappa shape index (κ3) is 6.22. The summed E-state index contributed by atoms with van der Waals surface area (Å²) in [5.41, 5.74) is 1.97. The van der Waals surface area contributed by atoms with Crippen molar-refractivity contribution >= 4 is 23.6 Å². The maximum atomic E-state index is 13.2. The molecular weight excluding hydrogens is 442 g/mol. The van der Waals surface area contributed by atoms with Crippen molar-refractivity contribution in [1.82, 2.24) is 15.1 Å². The molecular formula is C28H37N3O2S. The molecule has 2 atom stereocenters. The molecule has 5 nitrogen and oxygen atoms in total. The lowest BCUT2D eigenvalue weighted by Crippen LogP contribution is -2.39. The molecule has 2 aliphatic rings. The fourth-order valence-electron chi connectivity index (χ4n) is 5.16. The van der Waals surface area contributed by atoms with Gasteiger partial charge in [-0.1, -0.05) is 61.7 Å². The summed E-state index contributed by atoms with van der Waals surface area (Å²) in [6.45, 7) is 4.05. The van der Waals surface area contributed by atoms with Crippen LogP contribution >= 0.6 is 11.8 Å². The van der Waals surface area contributed by atoms with Crippen LogP contribution in [0.5, 0.6) is 0 Å². The Bertz CT molecular complexity index is 961. The van der Waals surface area contributed by atoms with Crippen LogP contribution in [0.3, 0.4) is 0 Å². The number of amides is 2. The van der Waals surface area contributed by atoms with Crippen LogP contribution in [0.1, 0.15) is 67.4 Å². The van der Waals surface area contributed by atoms with Gasteiger partial charge >= 0.3 is 0 Å². The second kappa shape index (κ2) is 11.9. The zero-order chi connectivity index (χ0) is 23.9. The van der Waals surface area contributed by atoms with E-state index in [0.717, 1.165) is 37.2 Å². The van der Waals surface area contributed by atoms with Gasteiger partial charge in [0.15, 0.2) is 0 Å². The number of nitrogens with zero attached hydrogens (tertiary/aromatic N) is 2. The van der Waals surface area contributed by atoms with E-state index in [4.69, 9.17) is 0 Å². The van der Waals surface area contributed by atoms with E-state index < -0.39 is 0 Å². The number of benzene rings is 2. The molecule has 1 aliphatic heterocycles. The Hall–Kier alpha value is -2.31. The van der Waals surface area contributed by atoms with Gasteiger partial charge < -0.3 is 10.2 Å². The maximum Gasteiger partial charge on any atom is 0.252 e. The smallest absolute Gasteiger partial charge is 0.252 e. The number of thioether (sulfide) groups is 1. The summed E-state index contributed by atoms with van der Waals surface area (Å²) in [5.74, 6) is 0.465. The number of likely N-dealkylation sites (tertiary alicyclic amines) is 1. The van der Waals surface area contributed by atoms with Gasteiger partial charge in [0.05, 0.1) is 11.3 Å². The van der Waals surface area contributed by atoms with Gasteiger partial charge in [-0.05, 0) is 43.9 Å². The molecule has 2 aromatic carbocycles. The van der Waals surface area contributed by atoms with E-state index in [1.807, 2.05) is 42.3 Å². The summed E-state index contributed by atoms with van der Waals surface area (Å²) in [7, 11) is 1.93. The standard InChI is InChI=1S/C28H37N3O2S/c1-21(22-11-5-3-6-12-22)31-18-17-23(19-31)29-28(33)25-15-9-10-16-26(25)34-20-27(32)30(2)24-13-7-4-8-14-24/h3,5-6,9-12,15-16,21,23-24H,4,7-8,13-14,17-20H2,1-2H3,(H,29,33). The summed E-state index contributed by atoms with van der Waals surface area (Å²) >= 11 is 1.47. The molecule has 2 aromatic rings. The highest BCUT2D eigenvalue weighted by Crippen LogP contribution is 2.27. The van der Waals surface area contributed by atoms with Crippen molar-refractivity contribution in [3.05, 3.63) is 65.7 Å². The summed E-state index contributed by atoms with van der Waals surface area (Å²) in [5, 5.41) is 3.24. The molecule has 1 N–H and O–H groups in total. The molecule has 1 aliphatic carbocycles. The van der Waals surface area contributed by atoms with Gasteiger partial charge in [0.2, 0.25) is 5.91 Å². The average Bonchev–Trinajstić information content (AvgIpc) is 3.36. The molecule has 2 fully saturated rings. The Morgan fingerprint density at radius 2 is 1.74 bits per heavy atom. The monoisotopic (exact) mass is 479 g/mol. The molecule has 4 rings (SSSR count). The first-order valence-electron chi connectivity index (χ1n) is 12.6. The van der Waals surface area contributed by atoms with Crippen molar-refractivity contribution < 1.29 is 9.59 Å². The normalized spacial score (nSPS) is 20.1. The molecule has 0 bridgehead atoms. The summed E-state index contributed by atoms with van der Waals surface area (Å²) in [6.07, 6.45) is 6.85. The van der Waals surface area contributed by atoms with Crippen LogP contribution in [0.2, 0.25) is 0 Å². The average molecular weight is 480 g/mol. The number of carbonyl (C=O) groups excluding carboxylic acids is 2. The minimum Gasteiger partial charge on any atom is -0.348 e. The summed E-state index contributed by atoms with van der Waals surface area (Å²) in [4.78, 5) is 31.2. The van der Waals surface area contributed by atoms with Crippen molar-refractivity contribution in [3.8, 4) is 0 Å². The third-order valence-corrected chi connectivity index (χ3v) is 8.44. The molecule has 34 heavy (non-hydrogen) atoms. The topological polar surface area (TPSA) is 52.7 Å². The van der Waals surface area contributed by atoms with Crippen LogP contribution in [0.25, 0.3) is 0 Å². The molecule has 0 radical (unpaired) electrons. The highest BCUT2D eigenvalue weighted by molar-refractivity contribution is 8.00. The first-order valence-corrected chi connectivity index (χ1v) is 13.6. The quantitative estimate of drug-likeness (QED) is 0.533. The lowest BCUT2D eigenvalue weighted by Gasteiger charge is -2.31. The van der Waals surface area contributed by atoms with Crippen LogP contribution in [-0.2, 0) is 4.79 Å². The van der Waals surface area contributed by atoms with Crippen molar-refractivity contribution in [3.63, 3.8) is 0 Å². The molecule has 2 amide bonds. The van der Waals surface area contributed by atoms with Gasteiger partial charge in [-0.25, -0.2) is 0 Å². The van der Waals surface area contributed by atoms with E-state index in [2.05, 4.69) is 41.4 Å². The number of hydrogen-bond donors (Lipinski definition) is 1. The summed E-state index contributed by atoms with van der Waals surface area (Å²) < 4.78 is 0. The Kier molecular flexibility index (Phi) is 8.68. The van der Waals surface area contributed by atoms with Crippen molar-refractivity contribution in [2.75, 3.05) is 25.9 Å². The molecule has 2 unspecified atom stereocenters. The largest absolute Gasteiger partial charge is 0.348 e. The van der Waals surface area contributed by atoms with Gasteiger partial charge in [0.1, 0.15) is 0 Å². The molecule has 1 saturated carbocycles. The Morgan fingerprint density at radius 1 is 1.03 bits per heavy atom. The van der Waals surface area contributed by atoms with E-state index in [1.165, 1.54) is 36.6 Å². The molecule has 6 heteroatoms. The molecule has 1 saturated heterocycles. The van der Waals surface area contributed by atoms with Gasteiger partial charge in [0.25, 0.3) is 5.91 Å². The molecule has 1 heterocycles. The third-order valence-electron chi connectivity index (χ3n) is 7.38. The zero-order valence-electron chi connectivity index (χ0n) is 20.4. The van der Waals surface area contributed by atoms with Gasteiger partial charge in [-0.15, -0.1) is 11.8 Å². The number of rotatable bonds is 8. The number of carbonyl (C=O) groups is 2. The number of hydrogen-bond acceptors (Lipinski definition) is 4. The predicted octanol–water partition coefficient (Wildman–Crippen LogP) is 5.14. The maximum absolute atomic E-state index is 13.2. The Morgan fingerprint density at radius 3 is 2.50 bits per heavy atom. The SMILES string of the molecule is CC(c1ccccc1)N1CCC(NC(=O)c2ccccc2SCC(=O)N(C)C2CCCCC2)C1. The molecule has 0 aromatic heterocycles. The highest BCUT2D eigenvalue weighted by atomic mass is 32.2. The molecule has 0 spiro atoms. The first-order chi connectivity index (χ1) is 16.5. The van der Waals surface area contributed by atoms with Gasteiger partial charge in [-0.2, -0.15) is 0 Å². The lowest BCUT2D eigenvalue weighted by atomic mass is 9.94. The van der Waals surface area contributed by atoms with Crippen LogP contribution in [0, 0.1) is 0 Å². The minimum absolute atomic E-state index is 0.0459. The van der Waals surface area contributed by atoms with Crippen LogP contribution in [0.4, 0.5) is 0 Å². The van der Waals surface area contributed by atoms with Crippen LogP contribution in [0.15, 0.2) is 59.5 Å². The van der Waals surface area contributed by atoms with Crippen LogP contribution < -0.4 is 5.32 Å². The Labute approximate surface area is 208 Å². The van der Waals surface area contributed by atoms with E-state index in [1.54, 1.807) is 0 Å². The minimum atomic E-state index is -0.0459.